The van der Waals surface area contributed by atoms with E-state index < -0.39 is 0 Å². The molecule has 1 aromatic heterocycles. The van der Waals surface area contributed by atoms with E-state index in [9.17, 15) is 10.2 Å². The zero-order valence-corrected chi connectivity index (χ0v) is 16.1. The van der Waals surface area contributed by atoms with Gasteiger partial charge in [-0.1, -0.05) is 19.9 Å². The number of nitrogens with zero attached hydrogens (tertiary/aromatic N) is 4. The van der Waals surface area contributed by atoms with Crippen LogP contribution in [0.15, 0.2) is 35.5 Å². The molecule has 2 unspecified atom stereocenters. The highest BCUT2D eigenvalue weighted by molar-refractivity contribution is 7.71. The Labute approximate surface area is 162 Å². The molecule has 0 fully saturated rings. The molecule has 4 rings (SSSR count). The molecule has 2 atom stereocenters. The summed E-state index contributed by atoms with van der Waals surface area (Å²) in [4.78, 5) is 0. The number of nitrogens with one attached hydrogen (secondary N) is 1. The summed E-state index contributed by atoms with van der Waals surface area (Å²) >= 11 is 5.45. The minimum absolute atomic E-state index is 0.0485. The number of allylic oxidation sites excluding steroid dienone is 2. The summed E-state index contributed by atoms with van der Waals surface area (Å²) in [5.41, 5.74) is 2.11. The predicted molar refractivity (Wildman–Crippen MR) is 107 cm³/mol. The molecular formula is C19H21N5O2S. The van der Waals surface area contributed by atoms with E-state index in [1.54, 1.807) is 10.6 Å². The van der Waals surface area contributed by atoms with Gasteiger partial charge in [0.15, 0.2) is 10.6 Å². The third kappa shape index (κ3) is 2.86. The van der Waals surface area contributed by atoms with E-state index in [0.29, 0.717) is 16.2 Å². The minimum atomic E-state index is -0.0485. The van der Waals surface area contributed by atoms with Crippen LogP contribution in [0.3, 0.4) is 0 Å². The first-order valence-corrected chi connectivity index (χ1v) is 9.18. The van der Waals surface area contributed by atoms with Gasteiger partial charge in [-0.15, -0.1) is 0 Å². The maximum atomic E-state index is 10.4. The van der Waals surface area contributed by atoms with E-state index in [1.165, 1.54) is 6.07 Å². The van der Waals surface area contributed by atoms with Crippen LogP contribution in [0.2, 0.25) is 0 Å². The van der Waals surface area contributed by atoms with Crippen molar-refractivity contribution in [3.05, 3.63) is 40.7 Å². The van der Waals surface area contributed by atoms with Crippen LogP contribution >= 0.6 is 12.2 Å². The summed E-state index contributed by atoms with van der Waals surface area (Å²) in [6, 6.07) is 3.32. The zero-order valence-electron chi connectivity index (χ0n) is 15.3. The highest BCUT2D eigenvalue weighted by Gasteiger charge is 2.29. The molecule has 0 amide bonds. The largest absolute Gasteiger partial charge is 0.508 e. The number of aromatic nitrogens is 3. The molecule has 1 aliphatic heterocycles. The molecule has 2 aromatic rings. The fraction of sp³-hybridized carbons (Fsp3) is 0.316. The van der Waals surface area contributed by atoms with Gasteiger partial charge in [0, 0.05) is 30.9 Å². The maximum absolute atomic E-state index is 10.4. The Morgan fingerprint density at radius 2 is 2.00 bits per heavy atom. The summed E-state index contributed by atoms with van der Waals surface area (Å²) in [7, 11) is 1.95. The van der Waals surface area contributed by atoms with Gasteiger partial charge in [0.05, 0.1) is 11.6 Å². The summed E-state index contributed by atoms with van der Waals surface area (Å²) in [6.45, 7) is 3.96. The summed E-state index contributed by atoms with van der Waals surface area (Å²) in [6.07, 6.45) is 8.07. The first-order chi connectivity index (χ1) is 12.9. The third-order valence-corrected chi connectivity index (χ3v) is 5.29. The predicted octanol–water partition coefficient (Wildman–Crippen LogP) is 3.47. The number of benzene rings is 1. The topological polar surface area (TPSA) is 89.7 Å². The lowest BCUT2D eigenvalue weighted by molar-refractivity contribution is 0.307. The lowest BCUT2D eigenvalue weighted by atomic mass is 9.95. The maximum Gasteiger partial charge on any atom is 0.200 e. The molecule has 0 spiro atoms. The molecule has 1 aromatic carbocycles. The second-order valence-electron chi connectivity index (χ2n) is 7.13. The van der Waals surface area contributed by atoms with Gasteiger partial charge in [0.25, 0.3) is 0 Å². The molecule has 27 heavy (non-hydrogen) atoms. The number of rotatable bonds is 3. The van der Waals surface area contributed by atoms with Crippen molar-refractivity contribution in [2.45, 2.75) is 25.8 Å². The summed E-state index contributed by atoms with van der Waals surface area (Å²) in [5.74, 6) is 0.764. The Morgan fingerprint density at radius 3 is 2.74 bits per heavy atom. The fourth-order valence-electron chi connectivity index (χ4n) is 3.54. The van der Waals surface area contributed by atoms with Gasteiger partial charge in [-0.25, -0.2) is 0 Å². The van der Waals surface area contributed by atoms with E-state index in [4.69, 9.17) is 12.2 Å². The van der Waals surface area contributed by atoms with Crippen LogP contribution in [0.25, 0.3) is 17.1 Å². The molecule has 0 bridgehead atoms. The van der Waals surface area contributed by atoms with Gasteiger partial charge >= 0.3 is 0 Å². The number of phenolic OH excluding ortho intramolecular Hbond substituents is 2. The van der Waals surface area contributed by atoms with Gasteiger partial charge < -0.3 is 10.2 Å². The average molecular weight is 383 g/mol. The van der Waals surface area contributed by atoms with Gasteiger partial charge in [0.2, 0.25) is 0 Å². The molecule has 3 N–H and O–H groups in total. The molecule has 2 aliphatic rings. The highest BCUT2D eigenvalue weighted by Crippen LogP contribution is 2.38. The second kappa shape index (κ2) is 6.38. The third-order valence-electron chi connectivity index (χ3n) is 5.01. The van der Waals surface area contributed by atoms with Crippen molar-refractivity contribution in [2.75, 3.05) is 7.05 Å². The lowest BCUT2D eigenvalue weighted by Gasteiger charge is -2.23. The van der Waals surface area contributed by atoms with Crippen LogP contribution in [-0.4, -0.2) is 49.3 Å². The highest BCUT2D eigenvalue weighted by atomic mass is 32.1. The molecule has 140 valence electrons. The Morgan fingerprint density at radius 1 is 1.22 bits per heavy atom. The molecule has 7 nitrogen and oxygen atoms in total. The van der Waals surface area contributed by atoms with Crippen LogP contribution < -0.4 is 0 Å². The van der Waals surface area contributed by atoms with E-state index in [2.05, 4.69) is 27.5 Å². The molecular weight excluding hydrogens is 362 g/mol. The van der Waals surface area contributed by atoms with Crippen molar-refractivity contribution < 1.29 is 10.2 Å². The number of aromatic hydroxyl groups is 2. The van der Waals surface area contributed by atoms with Crippen LogP contribution in [-0.2, 0) is 0 Å². The van der Waals surface area contributed by atoms with Crippen LogP contribution in [0.4, 0.5) is 0 Å². The number of phenols is 2. The van der Waals surface area contributed by atoms with E-state index in [0.717, 1.165) is 11.3 Å². The van der Waals surface area contributed by atoms with Crippen molar-refractivity contribution in [1.29, 1.82) is 0 Å². The van der Waals surface area contributed by atoms with Crippen LogP contribution in [0.5, 0.6) is 11.5 Å². The Kier molecular flexibility index (Phi) is 4.15. The smallest absolute Gasteiger partial charge is 0.200 e. The van der Waals surface area contributed by atoms with Gasteiger partial charge in [-0.05, 0) is 41.9 Å². The van der Waals surface area contributed by atoms with Crippen molar-refractivity contribution in [3.63, 3.8) is 0 Å². The minimum Gasteiger partial charge on any atom is -0.508 e. The monoisotopic (exact) mass is 383 g/mol. The normalized spacial score (nSPS) is 21.0. The van der Waals surface area contributed by atoms with Crippen molar-refractivity contribution >= 4 is 24.1 Å². The number of hydrogen-bond donors (Lipinski definition) is 3. The van der Waals surface area contributed by atoms with Gasteiger partial charge in [-0.2, -0.15) is 10.2 Å². The number of likely N-dealkylation sites (N-methyl/N-ethyl adjacent to an activating group) is 1. The quantitative estimate of drug-likeness (QED) is 0.706. The number of fused-ring (bicyclic) bond motifs is 1. The zero-order chi connectivity index (χ0) is 19.3. The Hall–Kier alpha value is -2.87. The van der Waals surface area contributed by atoms with Crippen molar-refractivity contribution in [1.82, 2.24) is 19.8 Å². The van der Waals surface area contributed by atoms with E-state index in [1.807, 2.05) is 38.2 Å². The number of aromatic amines is 1. The summed E-state index contributed by atoms with van der Waals surface area (Å²) in [5, 5.41) is 34.0. The number of hydrogen-bond acceptors (Lipinski definition) is 6. The second-order valence-corrected chi connectivity index (χ2v) is 7.51. The molecule has 0 saturated heterocycles. The number of hydrazone groups is 1. The van der Waals surface area contributed by atoms with Crippen molar-refractivity contribution in [3.8, 4) is 22.9 Å². The lowest BCUT2D eigenvalue weighted by Crippen LogP contribution is -2.28. The molecule has 8 heteroatoms. The van der Waals surface area contributed by atoms with E-state index >= 15 is 0 Å². The van der Waals surface area contributed by atoms with Gasteiger partial charge in [-0.3, -0.25) is 14.7 Å². The average Bonchev–Trinajstić information content (AvgIpc) is 3.17. The SMILES string of the molecule is CC(C)c1cc(-c2n[nH]c(=S)n2C2=CC3C=NN(C)C3C=C2)c(O)cc1O. The summed E-state index contributed by atoms with van der Waals surface area (Å²) < 4.78 is 2.23. The van der Waals surface area contributed by atoms with Gasteiger partial charge in [0.1, 0.15) is 11.5 Å². The number of H-pyrrole nitrogens is 1. The Bertz CT molecular complexity index is 1050. The molecule has 0 saturated carbocycles. The van der Waals surface area contributed by atoms with Crippen molar-refractivity contribution in [2.24, 2.45) is 11.0 Å². The fourth-order valence-corrected chi connectivity index (χ4v) is 3.78. The first kappa shape index (κ1) is 17.5. The van der Waals surface area contributed by atoms with E-state index in [-0.39, 0.29) is 29.4 Å². The van der Waals surface area contributed by atoms with Crippen LogP contribution in [0.1, 0.15) is 25.3 Å². The molecule has 0 radical (unpaired) electrons. The first-order valence-electron chi connectivity index (χ1n) is 8.78. The molecule has 1 aliphatic carbocycles. The van der Waals surface area contributed by atoms with Crippen LogP contribution in [0, 0.1) is 10.7 Å². The Balaban J connectivity index is 1.84. The standard InChI is InChI=1S/C19H21N5O2S/c1-10(2)13-7-14(17(26)8-16(13)25)18-21-22-19(27)24(18)12-4-5-15-11(6-12)9-20-23(15)3/h4-11,15,25-26H,1-3H3,(H,22,27). The molecule has 2 heterocycles.